The van der Waals surface area contributed by atoms with Crippen LogP contribution in [0.15, 0.2) is 66.7 Å². The van der Waals surface area contributed by atoms with Crippen LogP contribution >= 0.6 is 0 Å². The highest BCUT2D eigenvalue weighted by Gasteiger charge is 2.29. The highest BCUT2D eigenvalue weighted by Crippen LogP contribution is 2.32. The number of anilines is 2. The van der Waals surface area contributed by atoms with Gasteiger partial charge in [0.15, 0.2) is 11.6 Å². The van der Waals surface area contributed by atoms with E-state index in [4.69, 9.17) is 0 Å². The normalized spacial score (nSPS) is 13.4. The topological polar surface area (TPSA) is 116 Å². The van der Waals surface area contributed by atoms with Crippen molar-refractivity contribution in [3.8, 4) is 0 Å². The Bertz CT molecular complexity index is 1330. The van der Waals surface area contributed by atoms with E-state index in [1.807, 2.05) is 0 Å². The van der Waals surface area contributed by atoms with Crippen LogP contribution in [0.4, 0.5) is 20.2 Å². The molecule has 0 saturated heterocycles. The number of hydrogen-bond donors (Lipinski definition) is 3. The summed E-state index contributed by atoms with van der Waals surface area (Å²) >= 11 is 0. The van der Waals surface area contributed by atoms with Crippen LogP contribution < -0.4 is 15.5 Å². The van der Waals surface area contributed by atoms with Crippen LogP contribution in [0, 0.1) is 11.6 Å². The largest absolute Gasteiger partial charge is 0.480 e. The van der Waals surface area contributed by atoms with E-state index in [-0.39, 0.29) is 35.5 Å². The summed E-state index contributed by atoms with van der Waals surface area (Å²) in [5.74, 6) is -5.50. The molecule has 3 aromatic rings. The summed E-state index contributed by atoms with van der Waals surface area (Å²) in [5, 5.41) is 14.6. The number of carbonyl (C=O) groups is 4. The molecule has 1 unspecified atom stereocenters. The van der Waals surface area contributed by atoms with Crippen LogP contribution in [0.25, 0.3) is 0 Å². The van der Waals surface area contributed by atoms with Gasteiger partial charge in [-0.25, -0.2) is 13.6 Å². The first kappa shape index (κ1) is 23.6. The fourth-order valence-electron chi connectivity index (χ4n) is 3.69. The second kappa shape index (κ2) is 9.72. The van der Waals surface area contributed by atoms with Crippen molar-refractivity contribution in [2.24, 2.45) is 0 Å². The lowest BCUT2D eigenvalue weighted by atomic mass is 10.0. The lowest BCUT2D eigenvalue weighted by molar-refractivity contribution is -0.139. The molecule has 8 nitrogen and oxygen atoms in total. The average molecular weight is 479 g/mol. The quantitative estimate of drug-likeness (QED) is 0.503. The standard InChI is InChI=1S/C25H19F2N3O5/c26-17-8-6-16(11-18(17)27)24(33)30-13-22(31)28-19-12-15(7-9-21(19)30)23(32)29-20(25(34)35)10-14-4-2-1-3-5-14/h1-9,11-12,20H,10,13H2,(H,28,31)(H,29,32)(H,34,35). The Labute approximate surface area is 198 Å². The fraction of sp³-hybridized carbons (Fsp3) is 0.120. The van der Waals surface area contributed by atoms with E-state index >= 15 is 0 Å². The molecule has 35 heavy (non-hydrogen) atoms. The van der Waals surface area contributed by atoms with Crippen molar-refractivity contribution in [3.05, 3.63) is 95.1 Å². The highest BCUT2D eigenvalue weighted by atomic mass is 19.2. The maximum absolute atomic E-state index is 13.6. The van der Waals surface area contributed by atoms with Gasteiger partial charge in [-0.3, -0.25) is 19.3 Å². The van der Waals surface area contributed by atoms with Crippen LogP contribution in [-0.2, 0) is 16.0 Å². The Balaban J connectivity index is 1.57. The second-order valence-electron chi connectivity index (χ2n) is 7.85. The van der Waals surface area contributed by atoms with E-state index < -0.39 is 41.4 Å². The van der Waals surface area contributed by atoms with Crippen LogP contribution in [0.5, 0.6) is 0 Å². The summed E-state index contributed by atoms with van der Waals surface area (Å²) in [6, 6.07) is 14.4. The molecule has 0 bridgehead atoms. The van der Waals surface area contributed by atoms with E-state index in [1.165, 1.54) is 18.2 Å². The molecule has 0 aliphatic carbocycles. The molecule has 1 atom stereocenters. The summed E-state index contributed by atoms with van der Waals surface area (Å²) in [5.41, 5.74) is 1.01. The molecular weight excluding hydrogens is 460 g/mol. The summed E-state index contributed by atoms with van der Waals surface area (Å²) in [4.78, 5) is 50.7. The Hall–Kier alpha value is -4.60. The smallest absolute Gasteiger partial charge is 0.326 e. The van der Waals surface area contributed by atoms with Gasteiger partial charge >= 0.3 is 5.97 Å². The van der Waals surface area contributed by atoms with E-state index in [0.717, 1.165) is 28.7 Å². The van der Waals surface area contributed by atoms with Gasteiger partial charge in [-0.2, -0.15) is 0 Å². The minimum atomic E-state index is -1.21. The molecule has 10 heteroatoms. The number of amides is 3. The van der Waals surface area contributed by atoms with Gasteiger partial charge in [0.2, 0.25) is 5.91 Å². The van der Waals surface area contributed by atoms with E-state index in [9.17, 15) is 33.1 Å². The summed E-state index contributed by atoms with van der Waals surface area (Å²) < 4.78 is 26.9. The minimum Gasteiger partial charge on any atom is -0.480 e. The van der Waals surface area contributed by atoms with Crippen LogP contribution in [0.1, 0.15) is 26.3 Å². The second-order valence-corrected chi connectivity index (χ2v) is 7.85. The van der Waals surface area contributed by atoms with Crippen molar-refractivity contribution in [1.29, 1.82) is 0 Å². The predicted molar refractivity (Wildman–Crippen MR) is 122 cm³/mol. The first-order valence-electron chi connectivity index (χ1n) is 10.5. The first-order valence-corrected chi connectivity index (χ1v) is 10.5. The molecule has 178 valence electrons. The van der Waals surface area contributed by atoms with Gasteiger partial charge in [-0.15, -0.1) is 0 Å². The number of carbonyl (C=O) groups excluding carboxylic acids is 3. The minimum absolute atomic E-state index is 0.0606. The molecule has 3 N–H and O–H groups in total. The molecule has 0 saturated carbocycles. The Morgan fingerprint density at radius 1 is 0.971 bits per heavy atom. The van der Waals surface area contributed by atoms with Crippen molar-refractivity contribution in [2.75, 3.05) is 16.8 Å². The van der Waals surface area contributed by atoms with Gasteiger partial charge in [0.25, 0.3) is 11.8 Å². The zero-order chi connectivity index (χ0) is 25.1. The molecule has 3 amide bonds. The molecule has 0 fully saturated rings. The number of carboxylic acids is 1. The van der Waals surface area contributed by atoms with Crippen molar-refractivity contribution in [1.82, 2.24) is 5.32 Å². The van der Waals surface area contributed by atoms with Crippen molar-refractivity contribution >= 4 is 35.1 Å². The number of aliphatic carboxylic acids is 1. The molecule has 1 aliphatic heterocycles. The molecule has 3 aromatic carbocycles. The van der Waals surface area contributed by atoms with E-state index in [1.54, 1.807) is 30.3 Å². The monoisotopic (exact) mass is 479 g/mol. The third-order valence-electron chi connectivity index (χ3n) is 5.42. The third-order valence-corrected chi connectivity index (χ3v) is 5.42. The fourth-order valence-corrected chi connectivity index (χ4v) is 3.69. The summed E-state index contributed by atoms with van der Waals surface area (Å²) in [7, 11) is 0. The van der Waals surface area contributed by atoms with Gasteiger partial charge in [-0.05, 0) is 42.0 Å². The van der Waals surface area contributed by atoms with E-state index in [0.29, 0.717) is 0 Å². The maximum atomic E-state index is 13.6. The Morgan fingerprint density at radius 2 is 1.69 bits per heavy atom. The molecular formula is C25H19F2N3O5. The zero-order valence-electron chi connectivity index (χ0n) is 18.1. The number of nitrogens with one attached hydrogen (secondary N) is 2. The van der Waals surface area contributed by atoms with Crippen LogP contribution in [0.3, 0.4) is 0 Å². The summed E-state index contributed by atoms with van der Waals surface area (Å²) in [6.07, 6.45) is 0.0695. The summed E-state index contributed by atoms with van der Waals surface area (Å²) in [6.45, 7) is -0.367. The number of fused-ring (bicyclic) bond motifs is 1. The average Bonchev–Trinajstić information content (AvgIpc) is 2.84. The number of rotatable bonds is 6. The van der Waals surface area contributed by atoms with Gasteiger partial charge in [-0.1, -0.05) is 30.3 Å². The predicted octanol–water partition coefficient (Wildman–Crippen LogP) is 2.99. The number of halogens is 2. The van der Waals surface area contributed by atoms with Crippen molar-refractivity contribution in [2.45, 2.75) is 12.5 Å². The third kappa shape index (κ3) is 5.16. The van der Waals surface area contributed by atoms with Crippen LogP contribution in [0.2, 0.25) is 0 Å². The highest BCUT2D eigenvalue weighted by molar-refractivity contribution is 6.15. The molecule has 4 rings (SSSR count). The molecule has 1 heterocycles. The molecule has 0 radical (unpaired) electrons. The zero-order valence-corrected chi connectivity index (χ0v) is 18.1. The number of carboxylic acid groups (broad SMARTS) is 1. The van der Waals surface area contributed by atoms with Crippen molar-refractivity contribution < 1.29 is 33.1 Å². The Kier molecular flexibility index (Phi) is 6.54. The first-order chi connectivity index (χ1) is 16.7. The van der Waals surface area contributed by atoms with Crippen LogP contribution in [-0.4, -0.2) is 41.4 Å². The molecule has 1 aliphatic rings. The van der Waals surface area contributed by atoms with Crippen molar-refractivity contribution in [3.63, 3.8) is 0 Å². The van der Waals surface area contributed by atoms with Gasteiger partial charge in [0.05, 0.1) is 11.4 Å². The van der Waals surface area contributed by atoms with E-state index in [2.05, 4.69) is 10.6 Å². The van der Waals surface area contributed by atoms with Gasteiger partial charge in [0, 0.05) is 17.5 Å². The number of nitrogens with zero attached hydrogens (tertiary/aromatic N) is 1. The Morgan fingerprint density at radius 3 is 2.37 bits per heavy atom. The lowest BCUT2D eigenvalue weighted by Crippen LogP contribution is -2.43. The number of benzene rings is 3. The lowest BCUT2D eigenvalue weighted by Gasteiger charge is -2.29. The SMILES string of the molecule is O=C1CN(C(=O)c2ccc(F)c(F)c2)c2ccc(C(=O)NC(Cc3ccccc3)C(=O)O)cc2N1. The number of hydrogen-bond acceptors (Lipinski definition) is 4. The van der Waals surface area contributed by atoms with Gasteiger partial charge < -0.3 is 15.7 Å². The maximum Gasteiger partial charge on any atom is 0.326 e. The van der Waals surface area contributed by atoms with Gasteiger partial charge in [0.1, 0.15) is 12.6 Å². The molecule has 0 spiro atoms. The molecule has 0 aromatic heterocycles.